The van der Waals surface area contributed by atoms with Gasteiger partial charge in [-0.15, -0.1) is 0 Å². The topological polar surface area (TPSA) is 20.2 Å². The minimum absolute atomic E-state index is 0.500. The summed E-state index contributed by atoms with van der Waals surface area (Å²) in [6, 6.07) is 40.3. The molecule has 0 fully saturated rings. The summed E-state index contributed by atoms with van der Waals surface area (Å²) in [6.45, 7) is 0. The predicted molar refractivity (Wildman–Crippen MR) is 150 cm³/mol. The summed E-state index contributed by atoms with van der Waals surface area (Å²) >= 11 is 8.83. The molecule has 1 unspecified atom stereocenters. The van der Waals surface area contributed by atoms with Gasteiger partial charge in [0.1, 0.15) is 0 Å². The number of aliphatic hydroxyl groups excluding tert-OH is 1. The van der Waals surface area contributed by atoms with Gasteiger partial charge in [-0.2, -0.15) is 0 Å². The van der Waals surface area contributed by atoms with Gasteiger partial charge in [0, 0.05) is 0 Å². The van der Waals surface area contributed by atoms with Crippen LogP contribution in [0.4, 0.5) is 0 Å². The van der Waals surface area contributed by atoms with E-state index in [0.29, 0.717) is 11.4 Å². The van der Waals surface area contributed by atoms with Crippen LogP contribution in [0.1, 0.15) is 24.5 Å². The van der Waals surface area contributed by atoms with Crippen molar-refractivity contribution in [2.45, 2.75) is 18.9 Å². The van der Waals surface area contributed by atoms with Crippen LogP contribution in [0.2, 0.25) is 5.02 Å². The van der Waals surface area contributed by atoms with E-state index in [0.717, 1.165) is 18.1 Å². The molecule has 1 N–H and O–H groups in total. The van der Waals surface area contributed by atoms with Crippen LogP contribution in [0.25, 0.3) is 0 Å². The first-order valence-corrected chi connectivity index (χ1v) is 16.4. The first-order chi connectivity index (χ1) is 15.5. The molecule has 32 heavy (non-hydrogen) atoms. The standard InChI is InChI=1S/C28H27ClIOP/c29-24-20-18-23(19-21-24)28(31)17-10-22-32(30,25-11-4-1-5-12-25,26-13-6-2-7-14-26)27-15-8-3-9-16-27/h1-9,11-16,18-21,28,31H,10,17,22H2. The van der Waals surface area contributed by atoms with Crippen molar-refractivity contribution in [3.63, 3.8) is 0 Å². The molecular formula is C28H27ClIOP. The molecule has 0 aliphatic rings. The van der Waals surface area contributed by atoms with Gasteiger partial charge in [0.2, 0.25) is 0 Å². The van der Waals surface area contributed by atoms with Gasteiger partial charge < -0.3 is 0 Å². The fraction of sp³-hybridized carbons (Fsp3) is 0.143. The molecule has 1 nitrogen and oxygen atoms in total. The van der Waals surface area contributed by atoms with Crippen molar-refractivity contribution < 1.29 is 5.11 Å². The summed E-state index contributed by atoms with van der Waals surface area (Å²) < 4.78 is -2.78. The third-order valence-corrected chi connectivity index (χ3v) is 18.2. The second-order valence-corrected chi connectivity index (χ2v) is 19.3. The van der Waals surface area contributed by atoms with E-state index in [1.54, 1.807) is 0 Å². The van der Waals surface area contributed by atoms with Gasteiger partial charge in [-0.3, -0.25) is 0 Å². The predicted octanol–water partition coefficient (Wildman–Crippen LogP) is 7.03. The van der Waals surface area contributed by atoms with Gasteiger partial charge in [0.15, 0.2) is 0 Å². The molecule has 1 atom stereocenters. The van der Waals surface area contributed by atoms with E-state index >= 15 is 0 Å². The third kappa shape index (κ3) is 4.52. The molecule has 164 valence electrons. The molecule has 0 bridgehead atoms. The van der Waals surface area contributed by atoms with E-state index in [4.69, 9.17) is 11.6 Å². The zero-order chi connectivity index (χ0) is 22.5. The Balaban J connectivity index is 1.76. The summed E-state index contributed by atoms with van der Waals surface area (Å²) in [4.78, 5) is 0. The molecule has 4 aromatic carbocycles. The van der Waals surface area contributed by atoms with Crippen molar-refractivity contribution in [3.05, 3.63) is 126 Å². The summed E-state index contributed by atoms with van der Waals surface area (Å²) in [7, 11) is 0. The number of rotatable bonds is 8. The van der Waals surface area contributed by atoms with Crippen LogP contribution < -0.4 is 15.9 Å². The molecule has 0 radical (unpaired) electrons. The molecule has 0 aliphatic heterocycles. The van der Waals surface area contributed by atoms with Gasteiger partial charge in [0.05, 0.1) is 0 Å². The van der Waals surface area contributed by atoms with E-state index in [1.807, 2.05) is 24.3 Å². The Bertz CT molecular complexity index is 1040. The van der Waals surface area contributed by atoms with E-state index in [2.05, 4.69) is 113 Å². The minimum atomic E-state index is -2.78. The van der Waals surface area contributed by atoms with Crippen molar-refractivity contribution in [2.24, 2.45) is 0 Å². The first-order valence-electron chi connectivity index (χ1n) is 10.9. The van der Waals surface area contributed by atoms with Gasteiger partial charge in [-0.1, -0.05) is 0 Å². The second kappa shape index (κ2) is 10.1. The molecule has 0 spiro atoms. The molecule has 0 saturated carbocycles. The van der Waals surface area contributed by atoms with E-state index in [-0.39, 0.29) is 0 Å². The fourth-order valence-electron chi connectivity index (χ4n) is 4.48. The van der Waals surface area contributed by atoms with Crippen LogP contribution in [-0.2, 0) is 0 Å². The van der Waals surface area contributed by atoms with Crippen LogP contribution in [0, 0.1) is 0 Å². The van der Waals surface area contributed by atoms with Crippen molar-refractivity contribution in [1.29, 1.82) is 0 Å². The van der Waals surface area contributed by atoms with Gasteiger partial charge in [-0.25, -0.2) is 0 Å². The molecule has 0 heterocycles. The molecule has 0 saturated heterocycles. The third-order valence-electron chi connectivity index (χ3n) is 6.19. The average molecular weight is 573 g/mol. The van der Waals surface area contributed by atoms with Crippen molar-refractivity contribution in [3.8, 4) is 0 Å². The van der Waals surface area contributed by atoms with Crippen molar-refractivity contribution in [1.82, 2.24) is 0 Å². The van der Waals surface area contributed by atoms with E-state index in [1.165, 1.54) is 15.9 Å². The Kier molecular flexibility index (Phi) is 7.37. The Morgan fingerprint density at radius 1 is 0.656 bits per heavy atom. The number of aliphatic hydroxyl groups is 1. The Morgan fingerprint density at radius 2 is 1.06 bits per heavy atom. The van der Waals surface area contributed by atoms with Crippen LogP contribution in [0.15, 0.2) is 115 Å². The van der Waals surface area contributed by atoms with Crippen molar-refractivity contribution >= 4 is 53.8 Å². The quantitative estimate of drug-likeness (QED) is 0.178. The van der Waals surface area contributed by atoms with Gasteiger partial charge in [-0.05, 0) is 0 Å². The maximum atomic E-state index is 10.9. The number of hydrogen-bond donors (Lipinski definition) is 1. The Morgan fingerprint density at radius 3 is 1.47 bits per heavy atom. The SMILES string of the molecule is OC(CCCP(I)(c1ccccc1)(c1ccccc1)c1ccccc1)c1ccc(Cl)cc1. The molecule has 4 rings (SSSR count). The van der Waals surface area contributed by atoms with Crippen LogP contribution in [0.3, 0.4) is 0 Å². The molecule has 0 aromatic heterocycles. The molecular weight excluding hydrogens is 546 g/mol. The van der Waals surface area contributed by atoms with Crippen LogP contribution in [-0.4, -0.2) is 11.3 Å². The van der Waals surface area contributed by atoms with Crippen LogP contribution in [0.5, 0.6) is 0 Å². The maximum absolute atomic E-state index is 10.9. The molecule has 0 aliphatic carbocycles. The molecule has 4 heteroatoms. The average Bonchev–Trinajstić information content (AvgIpc) is 2.86. The number of benzene rings is 4. The van der Waals surface area contributed by atoms with E-state index < -0.39 is 10.3 Å². The number of halogens is 2. The van der Waals surface area contributed by atoms with Gasteiger partial charge >= 0.3 is 210 Å². The summed E-state index contributed by atoms with van der Waals surface area (Å²) in [5.74, 6) is 0. The van der Waals surface area contributed by atoms with E-state index in [9.17, 15) is 5.11 Å². The van der Waals surface area contributed by atoms with Crippen molar-refractivity contribution in [2.75, 3.05) is 6.16 Å². The number of hydrogen-bond acceptors (Lipinski definition) is 1. The monoisotopic (exact) mass is 572 g/mol. The second-order valence-electron chi connectivity index (χ2n) is 8.12. The summed E-state index contributed by atoms with van der Waals surface area (Å²) in [6.07, 6.45) is 2.09. The summed E-state index contributed by atoms with van der Waals surface area (Å²) in [5, 5.41) is 15.7. The summed E-state index contributed by atoms with van der Waals surface area (Å²) in [5.41, 5.74) is 0.919. The molecule has 4 aromatic rings. The van der Waals surface area contributed by atoms with Gasteiger partial charge in [0.25, 0.3) is 0 Å². The normalized spacial score (nSPS) is 13.8. The first kappa shape index (κ1) is 23.4. The zero-order valence-electron chi connectivity index (χ0n) is 17.8. The molecule has 0 amide bonds. The Labute approximate surface area is 208 Å². The fourth-order valence-corrected chi connectivity index (χ4v) is 13.4. The van der Waals surface area contributed by atoms with Crippen LogP contribution >= 0.6 is 37.9 Å². The zero-order valence-corrected chi connectivity index (χ0v) is 21.6. The Hall–Kier alpha value is -1.71.